The van der Waals surface area contributed by atoms with E-state index in [1.165, 1.54) is 15.8 Å². The summed E-state index contributed by atoms with van der Waals surface area (Å²) in [5.41, 5.74) is 2.48. The monoisotopic (exact) mass is 476 g/mol. The lowest BCUT2D eigenvalue weighted by atomic mass is 9.98. The summed E-state index contributed by atoms with van der Waals surface area (Å²) >= 11 is 0. The van der Waals surface area contributed by atoms with Crippen LogP contribution in [0.25, 0.3) is 11.1 Å². The number of anilines is 1. The number of β-amino-alcohol motifs (C(OH)–C–C–N with tert-alkyl or cyclic N) is 1. The summed E-state index contributed by atoms with van der Waals surface area (Å²) < 4.78 is 6.89. The highest BCUT2D eigenvalue weighted by molar-refractivity contribution is 6.02. The molecule has 1 saturated heterocycles. The molecule has 0 spiro atoms. The molecule has 10 heteroatoms. The molecule has 35 heavy (non-hydrogen) atoms. The molecule has 5 rings (SSSR count). The van der Waals surface area contributed by atoms with Crippen LogP contribution in [0.3, 0.4) is 0 Å². The number of carbonyl (C=O) groups excluding carboxylic acids is 2. The van der Waals surface area contributed by atoms with E-state index in [0.717, 1.165) is 22.3 Å². The third-order valence-electron chi connectivity index (χ3n) is 6.67. The molecule has 1 fully saturated rings. The van der Waals surface area contributed by atoms with Crippen molar-refractivity contribution in [3.63, 3.8) is 0 Å². The first-order valence-electron chi connectivity index (χ1n) is 11.2. The van der Waals surface area contributed by atoms with E-state index in [0.29, 0.717) is 0 Å². The number of fused-ring (bicyclic) bond motifs is 3. The number of ether oxygens (including phenoxy) is 1. The van der Waals surface area contributed by atoms with Crippen molar-refractivity contribution < 1.29 is 29.3 Å². The van der Waals surface area contributed by atoms with Gasteiger partial charge in [0, 0.05) is 25.9 Å². The van der Waals surface area contributed by atoms with E-state index in [1.54, 1.807) is 7.05 Å². The van der Waals surface area contributed by atoms with Crippen LogP contribution >= 0.6 is 0 Å². The third-order valence-corrected chi connectivity index (χ3v) is 6.67. The van der Waals surface area contributed by atoms with Crippen LogP contribution < -0.4 is 5.32 Å². The molecule has 1 aromatic heterocycles. The SMILES string of the molecule is Cn1ncc(C(=O)N2CCC(O)(C(=O)O)C2)c1NC(=O)OCC1c2ccccc2-c2ccccc21. The Bertz CT molecular complexity index is 1290. The van der Waals surface area contributed by atoms with Crippen molar-refractivity contribution in [3.05, 3.63) is 71.4 Å². The molecule has 0 bridgehead atoms. The molecule has 1 aliphatic carbocycles. The molecule has 180 valence electrons. The first-order valence-corrected chi connectivity index (χ1v) is 11.2. The van der Waals surface area contributed by atoms with Gasteiger partial charge in [-0.1, -0.05) is 48.5 Å². The maximum atomic E-state index is 13.0. The summed E-state index contributed by atoms with van der Waals surface area (Å²) in [6, 6.07) is 16.0. The standard InChI is InChI=1S/C25H24N4O6/c1-28-21(19(12-26-28)22(30)29-11-10-25(34,14-29)23(31)32)27-24(33)35-13-20-17-8-4-2-6-15(17)16-7-3-5-9-18(16)20/h2-9,12,20,34H,10-11,13-14H2,1H3,(H,27,33)(H,31,32). The molecule has 10 nitrogen and oxygen atoms in total. The molecular formula is C25H24N4O6. The van der Waals surface area contributed by atoms with E-state index in [2.05, 4.69) is 10.4 Å². The lowest BCUT2D eigenvalue weighted by Crippen LogP contribution is -2.42. The number of aryl methyl sites for hydroxylation is 1. The molecule has 3 N–H and O–H groups in total. The fourth-order valence-electron chi connectivity index (χ4n) is 4.79. The van der Waals surface area contributed by atoms with Crippen LogP contribution in [-0.2, 0) is 16.6 Å². The molecule has 2 heterocycles. The summed E-state index contributed by atoms with van der Waals surface area (Å²) in [7, 11) is 1.56. The van der Waals surface area contributed by atoms with E-state index in [-0.39, 0.29) is 43.4 Å². The molecular weight excluding hydrogens is 452 g/mol. The second-order valence-corrected chi connectivity index (χ2v) is 8.79. The van der Waals surface area contributed by atoms with E-state index in [1.807, 2.05) is 48.5 Å². The summed E-state index contributed by atoms with van der Waals surface area (Å²) in [5.74, 6) is -1.91. The smallest absolute Gasteiger partial charge is 0.412 e. The number of aliphatic carboxylic acids is 1. The lowest BCUT2D eigenvalue weighted by Gasteiger charge is -2.19. The van der Waals surface area contributed by atoms with Crippen LogP contribution in [0.5, 0.6) is 0 Å². The number of amides is 2. The molecule has 1 aliphatic heterocycles. The highest BCUT2D eigenvalue weighted by Gasteiger charge is 2.45. The molecule has 2 aliphatic rings. The van der Waals surface area contributed by atoms with E-state index in [4.69, 9.17) is 4.74 Å². The van der Waals surface area contributed by atoms with Gasteiger partial charge in [-0.2, -0.15) is 5.10 Å². The average molecular weight is 476 g/mol. The Hall–Kier alpha value is -4.18. The van der Waals surface area contributed by atoms with Gasteiger partial charge < -0.3 is 19.8 Å². The minimum atomic E-state index is -1.99. The number of aliphatic hydroxyl groups is 1. The Morgan fingerprint density at radius 2 is 1.74 bits per heavy atom. The van der Waals surface area contributed by atoms with Crippen molar-refractivity contribution in [1.82, 2.24) is 14.7 Å². The van der Waals surface area contributed by atoms with Crippen molar-refractivity contribution in [3.8, 4) is 11.1 Å². The zero-order chi connectivity index (χ0) is 24.7. The fraction of sp³-hybridized carbons (Fsp3) is 0.280. The van der Waals surface area contributed by atoms with Crippen LogP contribution in [0.2, 0.25) is 0 Å². The number of hydrogen-bond acceptors (Lipinski definition) is 6. The van der Waals surface area contributed by atoms with Gasteiger partial charge in [-0.25, -0.2) is 9.59 Å². The lowest BCUT2D eigenvalue weighted by molar-refractivity contribution is -0.156. The number of nitrogens with one attached hydrogen (secondary N) is 1. The van der Waals surface area contributed by atoms with Gasteiger partial charge >= 0.3 is 12.1 Å². The summed E-state index contributed by atoms with van der Waals surface area (Å²) in [4.78, 5) is 38.2. The number of aromatic nitrogens is 2. The normalized spacial score (nSPS) is 18.7. The van der Waals surface area contributed by atoms with Gasteiger partial charge in [0.15, 0.2) is 5.60 Å². The van der Waals surface area contributed by atoms with E-state index in [9.17, 15) is 24.6 Å². The maximum Gasteiger partial charge on any atom is 0.412 e. The molecule has 2 aromatic carbocycles. The Morgan fingerprint density at radius 1 is 1.11 bits per heavy atom. The van der Waals surface area contributed by atoms with Crippen molar-refractivity contribution in [2.45, 2.75) is 17.9 Å². The van der Waals surface area contributed by atoms with Gasteiger partial charge in [0.05, 0.1) is 12.7 Å². The van der Waals surface area contributed by atoms with Crippen molar-refractivity contribution in [2.75, 3.05) is 25.0 Å². The number of carboxylic acids is 1. The van der Waals surface area contributed by atoms with Crippen LogP contribution in [0.1, 0.15) is 33.8 Å². The first kappa shape index (κ1) is 22.6. The van der Waals surface area contributed by atoms with Gasteiger partial charge in [-0.15, -0.1) is 0 Å². The zero-order valence-electron chi connectivity index (χ0n) is 19.0. The zero-order valence-corrected chi connectivity index (χ0v) is 19.0. The Balaban J connectivity index is 1.29. The minimum Gasteiger partial charge on any atom is -0.479 e. The highest BCUT2D eigenvalue weighted by atomic mass is 16.5. The Labute approximate surface area is 200 Å². The van der Waals surface area contributed by atoms with E-state index >= 15 is 0 Å². The largest absolute Gasteiger partial charge is 0.479 e. The first-order chi connectivity index (χ1) is 16.8. The van der Waals surface area contributed by atoms with Crippen LogP contribution in [0, 0.1) is 0 Å². The number of carboxylic acid groups (broad SMARTS) is 1. The molecule has 1 atom stereocenters. The fourth-order valence-corrected chi connectivity index (χ4v) is 4.79. The number of rotatable bonds is 5. The highest BCUT2D eigenvalue weighted by Crippen LogP contribution is 2.44. The number of likely N-dealkylation sites (tertiary alicyclic amines) is 1. The molecule has 3 aromatic rings. The van der Waals surface area contributed by atoms with Crippen LogP contribution in [0.15, 0.2) is 54.7 Å². The van der Waals surface area contributed by atoms with Crippen molar-refractivity contribution in [2.24, 2.45) is 7.05 Å². The number of benzene rings is 2. The topological polar surface area (TPSA) is 134 Å². The quantitative estimate of drug-likeness (QED) is 0.515. The summed E-state index contributed by atoms with van der Waals surface area (Å²) in [5, 5.41) is 26.0. The number of hydrogen-bond donors (Lipinski definition) is 3. The van der Waals surface area contributed by atoms with Gasteiger partial charge in [-0.05, 0) is 22.3 Å². The molecule has 0 saturated carbocycles. The molecule has 2 amide bonds. The Kier molecular flexibility index (Phi) is 5.52. The molecule has 0 radical (unpaired) electrons. The number of nitrogens with zero attached hydrogens (tertiary/aromatic N) is 3. The predicted molar refractivity (Wildman–Crippen MR) is 125 cm³/mol. The van der Waals surface area contributed by atoms with Crippen molar-refractivity contribution >= 4 is 23.8 Å². The summed E-state index contributed by atoms with van der Waals surface area (Å²) in [6.07, 6.45) is 0.469. The predicted octanol–water partition coefficient (Wildman–Crippen LogP) is 2.44. The Morgan fingerprint density at radius 3 is 2.34 bits per heavy atom. The van der Waals surface area contributed by atoms with E-state index < -0.39 is 23.6 Å². The van der Waals surface area contributed by atoms with Gasteiger partial charge in [0.1, 0.15) is 18.0 Å². The second-order valence-electron chi connectivity index (χ2n) is 8.79. The van der Waals surface area contributed by atoms with Crippen LogP contribution in [-0.4, -0.2) is 68.2 Å². The van der Waals surface area contributed by atoms with Crippen molar-refractivity contribution in [1.29, 1.82) is 0 Å². The second kappa shape index (κ2) is 8.55. The number of carbonyl (C=O) groups is 3. The average Bonchev–Trinajstić information content (AvgIpc) is 3.52. The third kappa shape index (κ3) is 3.91. The summed E-state index contributed by atoms with van der Waals surface area (Å²) in [6.45, 7) is -0.167. The minimum absolute atomic E-state index is 0.0703. The van der Waals surface area contributed by atoms with Gasteiger partial charge in [0.2, 0.25) is 0 Å². The van der Waals surface area contributed by atoms with Gasteiger partial charge in [0.25, 0.3) is 5.91 Å². The maximum absolute atomic E-state index is 13.0. The van der Waals surface area contributed by atoms with Gasteiger partial charge in [-0.3, -0.25) is 14.8 Å². The molecule has 1 unspecified atom stereocenters. The van der Waals surface area contributed by atoms with Crippen LogP contribution in [0.4, 0.5) is 10.6 Å².